The van der Waals surface area contributed by atoms with Crippen molar-refractivity contribution in [2.24, 2.45) is 5.73 Å². The van der Waals surface area contributed by atoms with E-state index in [1.165, 1.54) is 6.42 Å². The van der Waals surface area contributed by atoms with Crippen molar-refractivity contribution in [3.63, 3.8) is 0 Å². The second-order valence-electron chi connectivity index (χ2n) is 4.19. The Morgan fingerprint density at radius 3 is 2.93 bits per heavy atom. The fourth-order valence-corrected chi connectivity index (χ4v) is 1.74. The zero-order valence-electron chi connectivity index (χ0n) is 9.41. The van der Waals surface area contributed by atoms with E-state index in [-0.39, 0.29) is 6.10 Å². The van der Waals surface area contributed by atoms with E-state index in [1.807, 2.05) is 0 Å². The molecule has 1 aliphatic heterocycles. The molecule has 0 aromatic rings. The van der Waals surface area contributed by atoms with Crippen LogP contribution in [-0.2, 0) is 4.74 Å². The van der Waals surface area contributed by atoms with Crippen molar-refractivity contribution in [3.8, 4) is 0 Å². The van der Waals surface area contributed by atoms with Gasteiger partial charge in [-0.1, -0.05) is 0 Å². The maximum Gasteiger partial charge on any atom is 0.0824 e. The van der Waals surface area contributed by atoms with Gasteiger partial charge in [-0.3, -0.25) is 4.90 Å². The highest BCUT2D eigenvalue weighted by molar-refractivity contribution is 4.71. The summed E-state index contributed by atoms with van der Waals surface area (Å²) >= 11 is 0. The first-order valence-corrected chi connectivity index (χ1v) is 5.41. The van der Waals surface area contributed by atoms with E-state index in [1.54, 1.807) is 0 Å². The number of nitrogens with zero attached hydrogens (tertiary/aromatic N) is 2. The molecule has 0 aliphatic carbocycles. The summed E-state index contributed by atoms with van der Waals surface area (Å²) in [4.78, 5) is 4.67. The molecule has 4 heteroatoms. The summed E-state index contributed by atoms with van der Waals surface area (Å²) in [6.45, 7) is 5.87. The molecule has 0 spiro atoms. The summed E-state index contributed by atoms with van der Waals surface area (Å²) in [6, 6.07) is 0. The summed E-state index contributed by atoms with van der Waals surface area (Å²) in [5, 5.41) is 0. The summed E-state index contributed by atoms with van der Waals surface area (Å²) < 4.78 is 5.51. The van der Waals surface area contributed by atoms with Crippen LogP contribution >= 0.6 is 0 Å². The molecule has 1 atom stereocenters. The molecule has 1 fully saturated rings. The fraction of sp³-hybridized carbons (Fsp3) is 1.00. The quantitative estimate of drug-likeness (QED) is 0.657. The maximum absolute atomic E-state index is 5.58. The van der Waals surface area contributed by atoms with Crippen LogP contribution < -0.4 is 5.73 Å². The third-order valence-corrected chi connectivity index (χ3v) is 2.57. The lowest BCUT2D eigenvalue weighted by Crippen LogP contribution is -2.46. The zero-order valence-corrected chi connectivity index (χ0v) is 9.41. The maximum atomic E-state index is 5.58. The first-order chi connectivity index (χ1) is 6.72. The Bertz CT molecular complexity index is 152. The van der Waals surface area contributed by atoms with E-state index >= 15 is 0 Å². The highest BCUT2D eigenvalue weighted by atomic mass is 16.5. The average Bonchev–Trinajstić information content (AvgIpc) is 2.18. The second-order valence-corrected chi connectivity index (χ2v) is 4.19. The first-order valence-electron chi connectivity index (χ1n) is 5.41. The van der Waals surface area contributed by atoms with Gasteiger partial charge in [0.25, 0.3) is 0 Å². The molecule has 0 radical (unpaired) electrons. The normalized spacial score (nSPS) is 24.4. The van der Waals surface area contributed by atoms with Crippen molar-refractivity contribution < 1.29 is 4.74 Å². The Morgan fingerprint density at radius 2 is 2.29 bits per heavy atom. The van der Waals surface area contributed by atoms with Gasteiger partial charge in [0.05, 0.1) is 12.7 Å². The number of hydrogen-bond donors (Lipinski definition) is 1. The van der Waals surface area contributed by atoms with Crippen LogP contribution in [0.5, 0.6) is 0 Å². The molecule has 1 saturated heterocycles. The molecule has 14 heavy (non-hydrogen) atoms. The van der Waals surface area contributed by atoms with E-state index in [2.05, 4.69) is 23.9 Å². The van der Waals surface area contributed by atoms with Gasteiger partial charge in [0.15, 0.2) is 0 Å². The van der Waals surface area contributed by atoms with Crippen molar-refractivity contribution in [1.29, 1.82) is 0 Å². The third kappa shape index (κ3) is 4.37. The van der Waals surface area contributed by atoms with Gasteiger partial charge < -0.3 is 15.4 Å². The second kappa shape index (κ2) is 6.35. The van der Waals surface area contributed by atoms with E-state index in [9.17, 15) is 0 Å². The van der Waals surface area contributed by atoms with Crippen LogP contribution in [0.2, 0.25) is 0 Å². The van der Waals surface area contributed by atoms with Gasteiger partial charge in [-0.15, -0.1) is 0 Å². The van der Waals surface area contributed by atoms with Crippen LogP contribution in [0.1, 0.15) is 6.42 Å². The molecule has 1 unspecified atom stereocenters. The first kappa shape index (κ1) is 11.9. The minimum absolute atomic E-state index is 0.253. The largest absolute Gasteiger partial charge is 0.374 e. The van der Waals surface area contributed by atoms with Gasteiger partial charge in [0.1, 0.15) is 0 Å². The number of rotatable bonds is 5. The van der Waals surface area contributed by atoms with E-state index in [4.69, 9.17) is 10.5 Å². The number of morpholine rings is 1. The summed E-state index contributed by atoms with van der Waals surface area (Å²) in [6.07, 6.45) is 1.48. The smallest absolute Gasteiger partial charge is 0.0824 e. The Hall–Kier alpha value is -0.160. The van der Waals surface area contributed by atoms with Gasteiger partial charge in [0.2, 0.25) is 0 Å². The van der Waals surface area contributed by atoms with Gasteiger partial charge in [-0.2, -0.15) is 0 Å². The van der Waals surface area contributed by atoms with E-state index in [0.717, 1.165) is 32.8 Å². The molecule has 1 rings (SSSR count). The standard InChI is InChI=1S/C10H23N3O/c1-12(2)4-3-5-13-6-7-14-10(8-11)9-13/h10H,3-9,11H2,1-2H3. The number of nitrogens with two attached hydrogens (primary N) is 1. The van der Waals surface area contributed by atoms with Gasteiger partial charge in [0, 0.05) is 19.6 Å². The van der Waals surface area contributed by atoms with Gasteiger partial charge in [-0.25, -0.2) is 0 Å². The molecule has 0 saturated carbocycles. The molecule has 4 nitrogen and oxygen atoms in total. The summed E-state index contributed by atoms with van der Waals surface area (Å²) in [5.41, 5.74) is 5.58. The predicted octanol–water partition coefficient (Wildman–Crippen LogP) is -0.402. The van der Waals surface area contributed by atoms with Crippen LogP contribution in [0.25, 0.3) is 0 Å². The molecular formula is C10H23N3O. The number of hydrogen-bond acceptors (Lipinski definition) is 4. The Kier molecular flexibility index (Phi) is 5.40. The third-order valence-electron chi connectivity index (χ3n) is 2.57. The molecule has 0 amide bonds. The van der Waals surface area contributed by atoms with E-state index < -0.39 is 0 Å². The highest BCUT2D eigenvalue weighted by Gasteiger charge is 2.18. The van der Waals surface area contributed by atoms with E-state index in [0.29, 0.717) is 6.54 Å². The van der Waals surface area contributed by atoms with Crippen molar-refractivity contribution in [2.45, 2.75) is 12.5 Å². The topological polar surface area (TPSA) is 41.7 Å². The Morgan fingerprint density at radius 1 is 1.50 bits per heavy atom. The van der Waals surface area contributed by atoms with Crippen LogP contribution in [-0.4, -0.2) is 69.3 Å². The van der Waals surface area contributed by atoms with Crippen molar-refractivity contribution in [2.75, 3.05) is 53.4 Å². The summed E-state index contributed by atoms with van der Waals surface area (Å²) in [7, 11) is 4.23. The van der Waals surface area contributed by atoms with Crippen molar-refractivity contribution in [3.05, 3.63) is 0 Å². The average molecular weight is 201 g/mol. The molecule has 0 aromatic heterocycles. The molecule has 1 aliphatic rings. The molecule has 84 valence electrons. The molecular weight excluding hydrogens is 178 g/mol. The van der Waals surface area contributed by atoms with Gasteiger partial charge >= 0.3 is 0 Å². The summed E-state index contributed by atoms with van der Waals surface area (Å²) in [5.74, 6) is 0. The zero-order chi connectivity index (χ0) is 10.4. The van der Waals surface area contributed by atoms with Crippen molar-refractivity contribution in [1.82, 2.24) is 9.80 Å². The Labute approximate surface area is 87.0 Å². The van der Waals surface area contributed by atoms with Crippen LogP contribution in [0.15, 0.2) is 0 Å². The minimum Gasteiger partial charge on any atom is -0.374 e. The molecule has 0 aromatic carbocycles. The molecule has 1 heterocycles. The van der Waals surface area contributed by atoms with Crippen LogP contribution in [0.4, 0.5) is 0 Å². The van der Waals surface area contributed by atoms with Crippen molar-refractivity contribution >= 4 is 0 Å². The number of ether oxygens (including phenoxy) is 1. The SMILES string of the molecule is CN(C)CCCN1CCOC(CN)C1. The fourth-order valence-electron chi connectivity index (χ4n) is 1.74. The monoisotopic (exact) mass is 201 g/mol. The lowest BCUT2D eigenvalue weighted by molar-refractivity contribution is -0.0237. The van der Waals surface area contributed by atoms with Crippen LogP contribution in [0, 0.1) is 0 Å². The Balaban J connectivity index is 2.11. The molecule has 0 bridgehead atoms. The minimum atomic E-state index is 0.253. The van der Waals surface area contributed by atoms with Gasteiger partial charge in [-0.05, 0) is 33.6 Å². The lowest BCUT2D eigenvalue weighted by atomic mass is 10.2. The molecule has 2 N–H and O–H groups in total. The highest BCUT2D eigenvalue weighted by Crippen LogP contribution is 2.04. The lowest BCUT2D eigenvalue weighted by Gasteiger charge is -2.32. The van der Waals surface area contributed by atoms with Crippen LogP contribution in [0.3, 0.4) is 0 Å². The predicted molar refractivity (Wildman–Crippen MR) is 58.4 cm³/mol.